The quantitative estimate of drug-likeness (QED) is 0.143. The highest BCUT2D eigenvalue weighted by atomic mass is 32.1. The van der Waals surface area contributed by atoms with E-state index in [4.69, 9.17) is 0 Å². The molecule has 0 saturated carbocycles. The topological polar surface area (TPSA) is 6.48 Å². The minimum atomic E-state index is 1.11. The lowest BCUT2D eigenvalue weighted by atomic mass is 9.89. The number of anilines is 6. The maximum absolute atomic E-state index is 2.41. The molecule has 11 rings (SSSR count). The summed E-state index contributed by atoms with van der Waals surface area (Å²) in [6.07, 6.45) is 5.00. The van der Waals surface area contributed by atoms with Gasteiger partial charge in [0.25, 0.3) is 0 Å². The van der Waals surface area contributed by atoms with Crippen LogP contribution in [0, 0.1) is 0 Å². The number of hydrogen-bond donors (Lipinski definition) is 0. The number of para-hydroxylation sites is 2. The van der Waals surface area contributed by atoms with Gasteiger partial charge in [-0.2, -0.15) is 0 Å². The fourth-order valence-electron chi connectivity index (χ4n) is 9.18. The van der Waals surface area contributed by atoms with Gasteiger partial charge in [-0.3, -0.25) is 0 Å². The number of fused-ring (bicyclic) bond motifs is 4. The van der Waals surface area contributed by atoms with Crippen LogP contribution in [0.3, 0.4) is 0 Å². The van der Waals surface area contributed by atoms with Gasteiger partial charge in [0.2, 0.25) is 0 Å². The van der Waals surface area contributed by atoms with Crippen molar-refractivity contribution in [3.05, 3.63) is 230 Å². The molecule has 0 bridgehead atoms. The SMILES string of the molecule is c1ccc(N(c2ccc(-c3ccc(N(c4ccccc4)c4ccc(-c5cccc6sc7ccccc7c56)cc4)cc3)cc2)c2ccc(-c3ccc4c(c3)CCCC4)cc2)cc1. The summed E-state index contributed by atoms with van der Waals surface area (Å²) >= 11 is 1.86. The van der Waals surface area contributed by atoms with E-state index in [0.29, 0.717) is 0 Å². The molecule has 1 aliphatic carbocycles. The fourth-order valence-corrected chi connectivity index (χ4v) is 10.3. The second-order valence-electron chi connectivity index (χ2n) is 16.0. The van der Waals surface area contributed by atoms with Crippen LogP contribution in [0.15, 0.2) is 218 Å². The van der Waals surface area contributed by atoms with Crippen molar-refractivity contribution in [3.63, 3.8) is 0 Å². The van der Waals surface area contributed by atoms with Gasteiger partial charge in [0, 0.05) is 54.3 Å². The van der Waals surface area contributed by atoms with Gasteiger partial charge in [-0.05, 0) is 155 Å². The lowest BCUT2D eigenvalue weighted by molar-refractivity contribution is 0.686. The molecule has 61 heavy (non-hydrogen) atoms. The predicted molar refractivity (Wildman–Crippen MR) is 262 cm³/mol. The van der Waals surface area contributed by atoms with Gasteiger partial charge in [0.1, 0.15) is 0 Å². The molecule has 0 unspecified atom stereocenters. The van der Waals surface area contributed by atoms with Crippen LogP contribution in [-0.4, -0.2) is 0 Å². The highest BCUT2D eigenvalue weighted by molar-refractivity contribution is 7.25. The third-order valence-electron chi connectivity index (χ3n) is 12.3. The monoisotopic (exact) mass is 800 g/mol. The standard InChI is InChI=1S/C58H44N2S/c1-3-14-48(15-4-1)59(52-36-28-44(29-37-52)47-23-22-41-12-7-8-13-46(41)40-47)50-32-24-42(25-33-50)43-26-34-51(35-27-43)60(49-16-5-2-6-17-49)53-38-30-45(31-39-53)54-19-11-21-57-58(54)55-18-9-10-20-56(55)61-57/h1-6,9-11,14-40H,7-8,12-13H2. The highest BCUT2D eigenvalue weighted by Crippen LogP contribution is 2.42. The van der Waals surface area contributed by atoms with E-state index in [2.05, 4.69) is 228 Å². The molecule has 10 aromatic rings. The Kier molecular flexibility index (Phi) is 9.73. The molecular weight excluding hydrogens is 757 g/mol. The molecule has 0 atom stereocenters. The maximum atomic E-state index is 2.41. The fraction of sp³-hybridized carbons (Fsp3) is 0.0690. The molecule has 1 heterocycles. The Balaban J connectivity index is 0.874. The predicted octanol–water partition coefficient (Wildman–Crippen LogP) is 16.9. The largest absolute Gasteiger partial charge is 0.311 e. The molecule has 0 saturated heterocycles. The number of nitrogens with zero attached hydrogens (tertiary/aromatic N) is 2. The molecule has 2 nitrogen and oxygen atoms in total. The molecule has 292 valence electrons. The zero-order valence-electron chi connectivity index (χ0n) is 33.9. The first-order chi connectivity index (χ1) is 30.2. The van der Waals surface area contributed by atoms with E-state index in [1.165, 1.54) is 90.4 Å². The summed E-state index contributed by atoms with van der Waals surface area (Å²) in [5.74, 6) is 0. The Hall–Kier alpha value is -7.20. The van der Waals surface area contributed by atoms with E-state index in [1.54, 1.807) is 0 Å². The van der Waals surface area contributed by atoms with E-state index in [-0.39, 0.29) is 0 Å². The van der Waals surface area contributed by atoms with E-state index in [9.17, 15) is 0 Å². The number of thiophene rings is 1. The Labute approximate surface area is 362 Å². The van der Waals surface area contributed by atoms with Crippen LogP contribution in [0.25, 0.3) is 53.6 Å². The minimum absolute atomic E-state index is 1.11. The average molecular weight is 801 g/mol. The molecule has 0 aliphatic heterocycles. The normalized spacial score (nSPS) is 12.3. The Morgan fingerprint density at radius 2 is 0.738 bits per heavy atom. The molecular formula is C58H44N2S. The van der Waals surface area contributed by atoms with Crippen molar-refractivity contribution in [2.45, 2.75) is 25.7 Å². The molecule has 3 heteroatoms. The van der Waals surface area contributed by atoms with Crippen LogP contribution in [0.1, 0.15) is 24.0 Å². The van der Waals surface area contributed by atoms with Crippen molar-refractivity contribution in [1.82, 2.24) is 0 Å². The van der Waals surface area contributed by atoms with Crippen molar-refractivity contribution in [3.8, 4) is 33.4 Å². The second-order valence-corrected chi connectivity index (χ2v) is 17.1. The van der Waals surface area contributed by atoms with Crippen molar-refractivity contribution in [2.75, 3.05) is 9.80 Å². The summed E-state index contributed by atoms with van der Waals surface area (Å²) in [6, 6.07) is 79.8. The smallest absolute Gasteiger partial charge is 0.0462 e. The summed E-state index contributed by atoms with van der Waals surface area (Å²) in [5, 5.41) is 2.66. The zero-order chi connectivity index (χ0) is 40.5. The van der Waals surface area contributed by atoms with Gasteiger partial charge in [-0.1, -0.05) is 133 Å². The van der Waals surface area contributed by atoms with Crippen LogP contribution >= 0.6 is 11.3 Å². The summed E-state index contributed by atoms with van der Waals surface area (Å²) in [6.45, 7) is 0. The molecule has 0 fully saturated rings. The first-order valence-electron chi connectivity index (χ1n) is 21.4. The van der Waals surface area contributed by atoms with Crippen molar-refractivity contribution < 1.29 is 0 Å². The maximum Gasteiger partial charge on any atom is 0.0462 e. The van der Waals surface area contributed by atoms with Gasteiger partial charge in [0.05, 0.1) is 0 Å². The summed E-state index contributed by atoms with van der Waals surface area (Å²) < 4.78 is 2.65. The third kappa shape index (κ3) is 7.18. The highest BCUT2D eigenvalue weighted by Gasteiger charge is 2.17. The van der Waals surface area contributed by atoms with E-state index >= 15 is 0 Å². The van der Waals surface area contributed by atoms with Gasteiger partial charge in [0.15, 0.2) is 0 Å². The minimum Gasteiger partial charge on any atom is -0.311 e. The van der Waals surface area contributed by atoms with E-state index in [1.807, 2.05) is 11.3 Å². The molecule has 0 amide bonds. The summed E-state index contributed by atoms with van der Waals surface area (Å²) in [5.41, 5.74) is 17.2. The van der Waals surface area contributed by atoms with Crippen LogP contribution in [-0.2, 0) is 12.8 Å². The van der Waals surface area contributed by atoms with E-state index < -0.39 is 0 Å². The van der Waals surface area contributed by atoms with Gasteiger partial charge in [-0.25, -0.2) is 0 Å². The van der Waals surface area contributed by atoms with Crippen LogP contribution in [0.4, 0.5) is 34.1 Å². The van der Waals surface area contributed by atoms with Gasteiger partial charge < -0.3 is 9.80 Å². The van der Waals surface area contributed by atoms with Crippen LogP contribution < -0.4 is 9.80 Å². The molecule has 9 aromatic carbocycles. The summed E-state index contributed by atoms with van der Waals surface area (Å²) in [4.78, 5) is 4.68. The lowest BCUT2D eigenvalue weighted by Gasteiger charge is -2.26. The molecule has 1 aliphatic rings. The van der Waals surface area contributed by atoms with Gasteiger partial charge >= 0.3 is 0 Å². The summed E-state index contributed by atoms with van der Waals surface area (Å²) in [7, 11) is 0. The molecule has 0 radical (unpaired) electrons. The Morgan fingerprint density at radius 3 is 1.30 bits per heavy atom. The first kappa shape index (κ1) is 36.8. The van der Waals surface area contributed by atoms with Crippen molar-refractivity contribution in [2.24, 2.45) is 0 Å². The Bertz CT molecular complexity index is 3100. The molecule has 0 spiro atoms. The molecule has 0 N–H and O–H groups in total. The Morgan fingerprint density at radius 1 is 0.311 bits per heavy atom. The second kappa shape index (κ2) is 16.1. The number of rotatable bonds is 9. The third-order valence-corrected chi connectivity index (χ3v) is 13.4. The van der Waals surface area contributed by atoms with Crippen LogP contribution in [0.5, 0.6) is 0 Å². The van der Waals surface area contributed by atoms with Crippen LogP contribution in [0.2, 0.25) is 0 Å². The lowest BCUT2D eigenvalue weighted by Crippen LogP contribution is -2.10. The number of hydrogen-bond acceptors (Lipinski definition) is 3. The van der Waals surface area contributed by atoms with Crippen molar-refractivity contribution in [1.29, 1.82) is 0 Å². The zero-order valence-corrected chi connectivity index (χ0v) is 34.7. The first-order valence-corrected chi connectivity index (χ1v) is 22.2. The van der Waals surface area contributed by atoms with Gasteiger partial charge in [-0.15, -0.1) is 11.3 Å². The molecule has 1 aromatic heterocycles. The average Bonchev–Trinajstić information content (AvgIpc) is 3.72. The van der Waals surface area contributed by atoms with E-state index in [0.717, 1.165) is 34.1 Å². The van der Waals surface area contributed by atoms with Crippen molar-refractivity contribution >= 4 is 65.6 Å². The number of aryl methyl sites for hydroxylation is 2. The number of benzene rings is 9.